The molecule has 2 aliphatic heterocycles. The Hall–Kier alpha value is -2.13. The summed E-state index contributed by atoms with van der Waals surface area (Å²) >= 11 is 0. The van der Waals surface area contributed by atoms with Crippen molar-refractivity contribution in [1.82, 2.24) is 0 Å². The summed E-state index contributed by atoms with van der Waals surface area (Å²) in [6.07, 6.45) is 3.97. The molecular weight excluding hydrogens is 346 g/mol. The van der Waals surface area contributed by atoms with Crippen LogP contribution >= 0.6 is 0 Å². The molecule has 1 spiro atoms. The van der Waals surface area contributed by atoms with Crippen LogP contribution in [0.4, 0.5) is 5.69 Å². The lowest BCUT2D eigenvalue weighted by atomic mass is 9.75. The van der Waals surface area contributed by atoms with Crippen LogP contribution in [0.25, 0.3) is 11.1 Å². The number of amides is 1. The number of anilines is 1. The molecule has 1 fully saturated rings. The third-order valence-electron chi connectivity index (χ3n) is 6.56. The number of carbonyl (C=O) groups excluding carboxylic acids is 1. The number of hydrogen-bond donors (Lipinski definition) is 0. The van der Waals surface area contributed by atoms with Gasteiger partial charge in [-0.1, -0.05) is 56.2 Å². The van der Waals surface area contributed by atoms with E-state index < -0.39 is 0 Å². The Morgan fingerprint density at radius 2 is 1.79 bits per heavy atom. The first-order valence-corrected chi connectivity index (χ1v) is 10.6. The lowest BCUT2D eigenvalue weighted by Crippen LogP contribution is -2.42. The van der Waals surface area contributed by atoms with E-state index in [1.165, 1.54) is 22.3 Å². The van der Waals surface area contributed by atoms with Crippen molar-refractivity contribution < 1.29 is 9.53 Å². The third-order valence-corrected chi connectivity index (χ3v) is 6.56. The Morgan fingerprint density at radius 3 is 2.46 bits per heavy atom. The Kier molecular flexibility index (Phi) is 5.29. The highest BCUT2D eigenvalue weighted by molar-refractivity contribution is 5.98. The number of fused-ring (bicyclic) bond motifs is 2. The topological polar surface area (TPSA) is 29.5 Å². The average Bonchev–Trinajstić information content (AvgIpc) is 3.02. The minimum atomic E-state index is 0.0376. The van der Waals surface area contributed by atoms with E-state index in [2.05, 4.69) is 68.1 Å². The average molecular weight is 378 g/mol. The van der Waals surface area contributed by atoms with Gasteiger partial charge < -0.3 is 9.64 Å². The minimum absolute atomic E-state index is 0.0376. The molecule has 0 saturated carbocycles. The summed E-state index contributed by atoms with van der Waals surface area (Å²) in [6, 6.07) is 15.4. The lowest BCUT2D eigenvalue weighted by molar-refractivity contribution is -0.122. The van der Waals surface area contributed by atoms with Crippen molar-refractivity contribution in [3.8, 4) is 11.1 Å². The Labute approximate surface area is 168 Å². The van der Waals surface area contributed by atoms with Gasteiger partial charge in [0.05, 0.1) is 0 Å². The number of ether oxygens (including phenoxy) is 1. The van der Waals surface area contributed by atoms with Crippen LogP contribution in [0.5, 0.6) is 0 Å². The SMILES string of the molecule is CCC[C@@H](C)C(=O)N1CC2(CCOCC2)c2cc(-c3ccc(C)cc3)ccc21. The number of aryl methyl sites for hydroxylation is 1. The highest BCUT2D eigenvalue weighted by Crippen LogP contribution is 2.48. The van der Waals surface area contributed by atoms with Crippen LogP contribution in [0.15, 0.2) is 42.5 Å². The predicted molar refractivity (Wildman–Crippen MR) is 115 cm³/mol. The maximum absolute atomic E-state index is 13.2. The van der Waals surface area contributed by atoms with E-state index in [0.717, 1.165) is 51.1 Å². The van der Waals surface area contributed by atoms with Crippen molar-refractivity contribution in [3.05, 3.63) is 53.6 Å². The molecule has 3 heteroatoms. The molecule has 0 radical (unpaired) electrons. The Bertz CT molecular complexity index is 849. The fourth-order valence-electron chi connectivity index (χ4n) is 4.80. The van der Waals surface area contributed by atoms with Gasteiger partial charge in [-0.05, 0) is 55.0 Å². The number of nitrogens with zero attached hydrogens (tertiary/aromatic N) is 1. The van der Waals surface area contributed by atoms with Crippen molar-refractivity contribution >= 4 is 11.6 Å². The highest BCUT2D eigenvalue weighted by Gasteiger charge is 2.46. The summed E-state index contributed by atoms with van der Waals surface area (Å²) in [5.74, 6) is 0.346. The van der Waals surface area contributed by atoms with Gasteiger partial charge in [0, 0.05) is 36.8 Å². The molecule has 3 nitrogen and oxygen atoms in total. The molecule has 0 unspecified atom stereocenters. The maximum atomic E-state index is 13.2. The minimum Gasteiger partial charge on any atom is -0.381 e. The molecular formula is C25H31NO2. The monoisotopic (exact) mass is 377 g/mol. The van der Waals surface area contributed by atoms with Gasteiger partial charge in [0.2, 0.25) is 5.91 Å². The van der Waals surface area contributed by atoms with Crippen molar-refractivity contribution in [3.63, 3.8) is 0 Å². The van der Waals surface area contributed by atoms with E-state index in [4.69, 9.17) is 4.74 Å². The van der Waals surface area contributed by atoms with Crippen molar-refractivity contribution in [2.24, 2.45) is 5.92 Å². The van der Waals surface area contributed by atoms with Gasteiger partial charge >= 0.3 is 0 Å². The Balaban J connectivity index is 1.75. The molecule has 0 N–H and O–H groups in total. The molecule has 2 aliphatic rings. The highest BCUT2D eigenvalue weighted by atomic mass is 16.5. The third kappa shape index (κ3) is 3.37. The zero-order valence-corrected chi connectivity index (χ0v) is 17.3. The molecule has 2 aromatic rings. The number of benzene rings is 2. The summed E-state index contributed by atoms with van der Waals surface area (Å²) < 4.78 is 5.68. The smallest absolute Gasteiger partial charge is 0.229 e. The second-order valence-electron chi connectivity index (χ2n) is 8.60. The number of hydrogen-bond acceptors (Lipinski definition) is 2. The van der Waals surface area contributed by atoms with E-state index in [0.29, 0.717) is 0 Å². The van der Waals surface area contributed by atoms with Crippen LogP contribution in [0.1, 0.15) is 50.7 Å². The second kappa shape index (κ2) is 7.71. The maximum Gasteiger partial charge on any atom is 0.229 e. The first-order valence-electron chi connectivity index (χ1n) is 10.6. The van der Waals surface area contributed by atoms with Crippen LogP contribution in [0.3, 0.4) is 0 Å². The first-order chi connectivity index (χ1) is 13.5. The quantitative estimate of drug-likeness (QED) is 0.705. The first kappa shape index (κ1) is 19.2. The second-order valence-corrected chi connectivity index (χ2v) is 8.60. The standard InChI is InChI=1S/C25H31NO2/c1-4-5-19(3)24(27)26-17-25(12-14-28-15-13-25)22-16-21(10-11-23(22)26)20-8-6-18(2)7-9-20/h6-11,16,19H,4-5,12-15,17H2,1-3H3/t19-/m1/s1. The van der Waals surface area contributed by atoms with E-state index in [9.17, 15) is 4.79 Å². The van der Waals surface area contributed by atoms with Crippen molar-refractivity contribution in [1.29, 1.82) is 0 Å². The normalized spacial score (nSPS) is 18.9. The van der Waals surface area contributed by atoms with Gasteiger partial charge in [0.25, 0.3) is 0 Å². The molecule has 0 bridgehead atoms. The summed E-state index contributed by atoms with van der Waals surface area (Å²) in [7, 11) is 0. The molecule has 1 atom stereocenters. The van der Waals surface area contributed by atoms with Crippen molar-refractivity contribution in [2.45, 2.75) is 51.9 Å². The van der Waals surface area contributed by atoms with Crippen LogP contribution in [-0.2, 0) is 14.9 Å². The lowest BCUT2D eigenvalue weighted by Gasteiger charge is -2.34. The van der Waals surface area contributed by atoms with Crippen LogP contribution in [-0.4, -0.2) is 25.7 Å². The molecule has 28 heavy (non-hydrogen) atoms. The largest absolute Gasteiger partial charge is 0.381 e. The molecule has 1 saturated heterocycles. The van der Waals surface area contributed by atoms with Crippen molar-refractivity contribution in [2.75, 3.05) is 24.7 Å². The number of rotatable bonds is 4. The molecule has 2 aromatic carbocycles. The molecule has 4 rings (SSSR count). The van der Waals surface area contributed by atoms with E-state index in [-0.39, 0.29) is 17.2 Å². The zero-order chi connectivity index (χ0) is 19.7. The molecule has 0 aromatic heterocycles. The fraction of sp³-hybridized carbons (Fsp3) is 0.480. The van der Waals surface area contributed by atoms with Crippen LogP contribution < -0.4 is 4.90 Å². The van der Waals surface area contributed by atoms with Crippen LogP contribution in [0.2, 0.25) is 0 Å². The van der Waals surface area contributed by atoms with Gasteiger partial charge in [0.15, 0.2) is 0 Å². The molecule has 1 amide bonds. The predicted octanol–water partition coefficient (Wildman–Crippen LogP) is 5.49. The van der Waals surface area contributed by atoms with E-state index in [1.54, 1.807) is 0 Å². The van der Waals surface area contributed by atoms with Gasteiger partial charge in [-0.3, -0.25) is 4.79 Å². The summed E-state index contributed by atoms with van der Waals surface area (Å²) in [5, 5.41) is 0. The molecule has 0 aliphatic carbocycles. The van der Waals surface area contributed by atoms with Gasteiger partial charge in [-0.25, -0.2) is 0 Å². The van der Waals surface area contributed by atoms with E-state index >= 15 is 0 Å². The van der Waals surface area contributed by atoms with Crippen LogP contribution in [0, 0.1) is 12.8 Å². The zero-order valence-electron chi connectivity index (χ0n) is 17.3. The van der Waals surface area contributed by atoms with Gasteiger partial charge in [-0.15, -0.1) is 0 Å². The molecule has 2 heterocycles. The van der Waals surface area contributed by atoms with Gasteiger partial charge in [-0.2, -0.15) is 0 Å². The Morgan fingerprint density at radius 1 is 1.11 bits per heavy atom. The van der Waals surface area contributed by atoms with Gasteiger partial charge in [0.1, 0.15) is 0 Å². The summed E-state index contributed by atoms with van der Waals surface area (Å²) in [6.45, 7) is 8.69. The summed E-state index contributed by atoms with van der Waals surface area (Å²) in [5.41, 5.74) is 6.24. The van der Waals surface area contributed by atoms with E-state index in [1.807, 2.05) is 0 Å². The number of carbonyl (C=O) groups is 1. The molecule has 148 valence electrons. The fourth-order valence-corrected chi connectivity index (χ4v) is 4.80. The summed E-state index contributed by atoms with van der Waals surface area (Å²) in [4.78, 5) is 15.3.